The van der Waals surface area contributed by atoms with E-state index in [-0.39, 0.29) is 5.76 Å². The smallest absolute Gasteiger partial charge is 0.376 e. The minimum atomic E-state index is -0.506. The van der Waals surface area contributed by atoms with Crippen molar-refractivity contribution in [2.75, 3.05) is 6.61 Å². The van der Waals surface area contributed by atoms with Gasteiger partial charge < -0.3 is 9.15 Å². The second kappa shape index (κ2) is 5.05. The van der Waals surface area contributed by atoms with Gasteiger partial charge in [0.1, 0.15) is 0 Å². The van der Waals surface area contributed by atoms with Crippen LogP contribution in [0, 0.1) is 6.92 Å². The highest BCUT2D eigenvalue weighted by Gasteiger charge is 2.22. The van der Waals surface area contributed by atoms with Gasteiger partial charge in [0.05, 0.1) is 17.8 Å². The van der Waals surface area contributed by atoms with Crippen LogP contribution in [0.15, 0.2) is 28.7 Å². The Balaban J connectivity index is 2.12. The first-order valence-electron chi connectivity index (χ1n) is 6.68. The molecule has 0 fully saturated rings. The largest absolute Gasteiger partial charge is 0.460 e. The molecule has 0 saturated carbocycles. The minimum Gasteiger partial charge on any atom is -0.460 e. The number of oxazole rings is 1. The monoisotopic (exact) mass is 285 g/mol. The van der Waals surface area contributed by atoms with Crippen LogP contribution in [0.2, 0.25) is 0 Å². The lowest BCUT2D eigenvalue weighted by molar-refractivity contribution is 0.0490. The number of para-hydroxylation sites is 1. The van der Waals surface area contributed by atoms with Crippen LogP contribution in [0.4, 0.5) is 0 Å². The number of hydrogen-bond donors (Lipinski definition) is 0. The molecule has 1 aromatic carbocycles. The molecular formula is C15H15N3O3. The number of rotatable bonds is 3. The summed E-state index contributed by atoms with van der Waals surface area (Å²) in [5.74, 6) is -0.0528. The van der Waals surface area contributed by atoms with Crippen LogP contribution in [0.5, 0.6) is 0 Å². The maximum absolute atomic E-state index is 11.8. The number of carbonyl (C=O) groups excluding carboxylic acids is 1. The number of aromatic nitrogens is 3. The van der Waals surface area contributed by atoms with Gasteiger partial charge in [-0.1, -0.05) is 18.2 Å². The number of fused-ring (bicyclic) bond motifs is 1. The summed E-state index contributed by atoms with van der Waals surface area (Å²) < 4.78 is 12.3. The third-order valence-corrected chi connectivity index (χ3v) is 3.22. The number of nitrogens with zero attached hydrogens (tertiary/aromatic N) is 3. The van der Waals surface area contributed by atoms with Crippen molar-refractivity contribution in [2.24, 2.45) is 7.05 Å². The van der Waals surface area contributed by atoms with Gasteiger partial charge in [-0.3, -0.25) is 4.68 Å². The van der Waals surface area contributed by atoms with E-state index < -0.39 is 5.97 Å². The van der Waals surface area contributed by atoms with Crippen LogP contribution in [0.25, 0.3) is 22.5 Å². The van der Waals surface area contributed by atoms with Gasteiger partial charge in [-0.05, 0) is 19.9 Å². The molecule has 6 nitrogen and oxygen atoms in total. The summed E-state index contributed by atoms with van der Waals surface area (Å²) >= 11 is 0. The summed E-state index contributed by atoms with van der Waals surface area (Å²) in [7, 11) is 1.86. The molecule has 0 aliphatic rings. The molecule has 2 heterocycles. The molecule has 2 aromatic heterocycles. The SMILES string of the molecule is CCOC(=O)c1oc(-c2nn(C)c3ccccc23)nc1C. The highest BCUT2D eigenvalue weighted by atomic mass is 16.5. The Bertz CT molecular complexity index is 817. The number of benzene rings is 1. The molecule has 6 heteroatoms. The van der Waals surface area contributed by atoms with Gasteiger partial charge in [0.2, 0.25) is 11.7 Å². The molecule has 3 rings (SSSR count). The third-order valence-electron chi connectivity index (χ3n) is 3.22. The highest BCUT2D eigenvalue weighted by molar-refractivity contribution is 5.92. The molecule has 0 unspecified atom stereocenters. The number of carbonyl (C=O) groups is 1. The lowest BCUT2D eigenvalue weighted by atomic mass is 10.2. The maximum Gasteiger partial charge on any atom is 0.376 e. The van der Waals surface area contributed by atoms with Gasteiger partial charge in [0.15, 0.2) is 5.69 Å². The summed E-state index contributed by atoms with van der Waals surface area (Å²) in [4.78, 5) is 16.1. The zero-order valence-corrected chi connectivity index (χ0v) is 12.1. The van der Waals surface area contributed by atoms with E-state index in [1.807, 2.05) is 31.3 Å². The van der Waals surface area contributed by atoms with Crippen LogP contribution < -0.4 is 0 Å². The van der Waals surface area contributed by atoms with E-state index in [1.165, 1.54) is 0 Å². The topological polar surface area (TPSA) is 70.2 Å². The molecule has 0 radical (unpaired) electrons. The predicted molar refractivity (Wildman–Crippen MR) is 76.9 cm³/mol. The second-order valence-corrected chi connectivity index (χ2v) is 4.64. The molecule has 0 bridgehead atoms. The van der Waals surface area contributed by atoms with E-state index in [2.05, 4.69) is 10.1 Å². The molecule has 21 heavy (non-hydrogen) atoms. The molecule has 0 atom stereocenters. The third kappa shape index (κ3) is 2.18. The quantitative estimate of drug-likeness (QED) is 0.692. The maximum atomic E-state index is 11.8. The van der Waals surface area contributed by atoms with Crippen LogP contribution in [-0.2, 0) is 11.8 Å². The molecule has 108 valence electrons. The van der Waals surface area contributed by atoms with Crippen molar-refractivity contribution >= 4 is 16.9 Å². The zero-order valence-electron chi connectivity index (χ0n) is 12.1. The Kier molecular flexibility index (Phi) is 3.21. The fourth-order valence-corrected chi connectivity index (χ4v) is 2.26. The van der Waals surface area contributed by atoms with E-state index >= 15 is 0 Å². The molecule has 0 saturated heterocycles. The molecule has 0 spiro atoms. The van der Waals surface area contributed by atoms with Crippen molar-refractivity contribution in [1.82, 2.24) is 14.8 Å². The van der Waals surface area contributed by atoms with Crippen molar-refractivity contribution in [3.8, 4) is 11.6 Å². The molecule has 0 N–H and O–H groups in total. The van der Waals surface area contributed by atoms with Crippen molar-refractivity contribution in [3.05, 3.63) is 35.7 Å². The average molecular weight is 285 g/mol. The average Bonchev–Trinajstić information content (AvgIpc) is 3.01. The first-order chi connectivity index (χ1) is 10.1. The lowest BCUT2D eigenvalue weighted by Crippen LogP contribution is -2.04. The van der Waals surface area contributed by atoms with Crippen molar-refractivity contribution < 1.29 is 13.9 Å². The van der Waals surface area contributed by atoms with E-state index in [0.29, 0.717) is 23.9 Å². The van der Waals surface area contributed by atoms with Gasteiger partial charge in [-0.15, -0.1) is 0 Å². The molecule has 0 aliphatic carbocycles. The van der Waals surface area contributed by atoms with E-state index in [4.69, 9.17) is 9.15 Å². The number of esters is 1. The fourth-order valence-electron chi connectivity index (χ4n) is 2.26. The Morgan fingerprint density at radius 1 is 1.38 bits per heavy atom. The van der Waals surface area contributed by atoms with Crippen LogP contribution >= 0.6 is 0 Å². The molecular weight excluding hydrogens is 270 g/mol. The van der Waals surface area contributed by atoms with Crippen LogP contribution in [0.1, 0.15) is 23.2 Å². The predicted octanol–water partition coefficient (Wildman–Crippen LogP) is 2.71. The minimum absolute atomic E-state index is 0.126. The van der Waals surface area contributed by atoms with E-state index in [0.717, 1.165) is 10.9 Å². The summed E-state index contributed by atoms with van der Waals surface area (Å²) in [5, 5.41) is 5.36. The lowest BCUT2D eigenvalue weighted by Gasteiger charge is -1.97. The first kappa shape index (κ1) is 13.4. The molecule has 0 amide bonds. The number of aryl methyl sites for hydroxylation is 2. The number of ether oxygens (including phenoxy) is 1. The molecule has 0 aliphatic heterocycles. The zero-order chi connectivity index (χ0) is 15.0. The first-order valence-corrected chi connectivity index (χ1v) is 6.68. The van der Waals surface area contributed by atoms with Gasteiger partial charge >= 0.3 is 5.97 Å². The van der Waals surface area contributed by atoms with E-state index in [1.54, 1.807) is 18.5 Å². The van der Waals surface area contributed by atoms with Crippen molar-refractivity contribution in [2.45, 2.75) is 13.8 Å². The van der Waals surface area contributed by atoms with Gasteiger partial charge in [-0.25, -0.2) is 9.78 Å². The second-order valence-electron chi connectivity index (χ2n) is 4.64. The van der Waals surface area contributed by atoms with Crippen molar-refractivity contribution in [3.63, 3.8) is 0 Å². The number of hydrogen-bond acceptors (Lipinski definition) is 5. The molecule has 3 aromatic rings. The Morgan fingerprint density at radius 3 is 2.90 bits per heavy atom. The Hall–Kier alpha value is -2.63. The fraction of sp³-hybridized carbons (Fsp3) is 0.267. The van der Waals surface area contributed by atoms with Gasteiger partial charge in [0.25, 0.3) is 0 Å². The summed E-state index contributed by atoms with van der Waals surface area (Å²) in [6.45, 7) is 3.75. The Morgan fingerprint density at radius 2 is 2.14 bits per heavy atom. The van der Waals surface area contributed by atoms with Gasteiger partial charge in [-0.2, -0.15) is 5.10 Å². The summed E-state index contributed by atoms with van der Waals surface area (Å²) in [6, 6.07) is 7.78. The summed E-state index contributed by atoms with van der Waals surface area (Å²) in [5.41, 5.74) is 2.09. The standard InChI is InChI=1S/C15H15N3O3/c1-4-20-15(19)13-9(2)16-14(21-13)12-10-7-5-6-8-11(10)18(3)17-12/h5-8H,4H2,1-3H3. The van der Waals surface area contributed by atoms with Crippen LogP contribution in [-0.4, -0.2) is 27.3 Å². The normalized spacial score (nSPS) is 11.0. The van der Waals surface area contributed by atoms with Gasteiger partial charge in [0, 0.05) is 12.4 Å². The summed E-state index contributed by atoms with van der Waals surface area (Å²) in [6.07, 6.45) is 0. The highest BCUT2D eigenvalue weighted by Crippen LogP contribution is 2.28. The van der Waals surface area contributed by atoms with E-state index in [9.17, 15) is 4.79 Å². The van der Waals surface area contributed by atoms with Crippen LogP contribution in [0.3, 0.4) is 0 Å². The van der Waals surface area contributed by atoms with Crippen molar-refractivity contribution in [1.29, 1.82) is 0 Å². The Labute approximate surface area is 121 Å².